The first-order chi connectivity index (χ1) is 9.15. The lowest BCUT2D eigenvalue weighted by Gasteiger charge is -2.11. The first-order valence-electron chi connectivity index (χ1n) is 5.72. The average molecular weight is 283 g/mol. The number of aliphatic hydroxyl groups is 1. The maximum Gasteiger partial charge on any atom is 0.147 e. The lowest BCUT2D eigenvalue weighted by molar-refractivity contribution is 0.253. The normalized spacial score (nSPS) is 10.5. The predicted molar refractivity (Wildman–Crippen MR) is 71.5 cm³/mol. The van der Waals surface area contributed by atoms with Gasteiger partial charge in [0, 0.05) is 12.6 Å². The number of nitrogens with zero attached hydrogens (tertiary/aromatic N) is 2. The van der Waals surface area contributed by atoms with Gasteiger partial charge in [0.25, 0.3) is 0 Å². The Balaban J connectivity index is 2.13. The SMILES string of the molecule is COc1ccc(OCc2ncc(Cl)n2C)c(CO)c1. The first kappa shape index (κ1) is 13.7. The zero-order chi connectivity index (χ0) is 13.8. The number of aromatic nitrogens is 2. The Morgan fingerprint density at radius 2 is 2.21 bits per heavy atom. The molecule has 1 heterocycles. The molecule has 0 atom stereocenters. The second-order valence-corrected chi connectivity index (χ2v) is 4.36. The zero-order valence-electron chi connectivity index (χ0n) is 10.8. The van der Waals surface area contributed by atoms with E-state index in [4.69, 9.17) is 21.1 Å². The van der Waals surface area contributed by atoms with Crippen molar-refractivity contribution in [3.63, 3.8) is 0 Å². The summed E-state index contributed by atoms with van der Waals surface area (Å²) in [5.41, 5.74) is 0.666. The molecule has 0 fully saturated rings. The van der Waals surface area contributed by atoms with E-state index in [1.165, 1.54) is 0 Å². The maximum atomic E-state index is 9.32. The van der Waals surface area contributed by atoms with E-state index >= 15 is 0 Å². The molecule has 0 bridgehead atoms. The quantitative estimate of drug-likeness (QED) is 0.913. The number of benzene rings is 1. The number of ether oxygens (including phenoxy) is 2. The van der Waals surface area contributed by atoms with Gasteiger partial charge in [-0.3, -0.25) is 0 Å². The average Bonchev–Trinajstić information content (AvgIpc) is 2.76. The topological polar surface area (TPSA) is 56.5 Å². The summed E-state index contributed by atoms with van der Waals surface area (Å²) in [5.74, 6) is 1.99. The zero-order valence-corrected chi connectivity index (χ0v) is 11.5. The van der Waals surface area contributed by atoms with E-state index in [9.17, 15) is 5.11 Å². The van der Waals surface area contributed by atoms with Crippen molar-refractivity contribution >= 4 is 11.6 Å². The van der Waals surface area contributed by atoms with Crippen molar-refractivity contribution in [1.82, 2.24) is 9.55 Å². The van der Waals surface area contributed by atoms with Gasteiger partial charge in [-0.2, -0.15) is 0 Å². The van der Waals surface area contributed by atoms with Crippen LogP contribution in [0, 0.1) is 0 Å². The fourth-order valence-corrected chi connectivity index (χ4v) is 1.79. The molecule has 0 saturated carbocycles. The highest BCUT2D eigenvalue weighted by atomic mass is 35.5. The van der Waals surface area contributed by atoms with Crippen molar-refractivity contribution in [1.29, 1.82) is 0 Å². The molecule has 1 aromatic carbocycles. The monoisotopic (exact) mass is 282 g/mol. The number of hydrogen-bond donors (Lipinski definition) is 1. The van der Waals surface area contributed by atoms with Crippen LogP contribution in [0.15, 0.2) is 24.4 Å². The predicted octanol–water partition coefficient (Wildman–Crippen LogP) is 2.15. The third-order valence-electron chi connectivity index (χ3n) is 2.82. The lowest BCUT2D eigenvalue weighted by atomic mass is 10.2. The Hall–Kier alpha value is -1.72. The molecule has 102 valence electrons. The van der Waals surface area contributed by atoms with Gasteiger partial charge < -0.3 is 19.1 Å². The highest BCUT2D eigenvalue weighted by molar-refractivity contribution is 6.29. The first-order valence-corrected chi connectivity index (χ1v) is 6.10. The summed E-state index contributed by atoms with van der Waals surface area (Å²) in [6.07, 6.45) is 1.57. The molecule has 19 heavy (non-hydrogen) atoms. The smallest absolute Gasteiger partial charge is 0.147 e. The van der Waals surface area contributed by atoms with Crippen molar-refractivity contribution in [2.45, 2.75) is 13.2 Å². The van der Waals surface area contributed by atoms with E-state index in [0.717, 1.165) is 0 Å². The molecule has 0 radical (unpaired) electrons. The fourth-order valence-electron chi connectivity index (χ4n) is 1.65. The van der Waals surface area contributed by atoms with Gasteiger partial charge in [-0.25, -0.2) is 4.98 Å². The van der Waals surface area contributed by atoms with Gasteiger partial charge in [-0.1, -0.05) is 11.6 Å². The summed E-state index contributed by atoms with van der Waals surface area (Å²) in [5, 5.41) is 9.87. The van der Waals surface area contributed by atoms with E-state index in [1.807, 2.05) is 7.05 Å². The molecule has 0 spiro atoms. The molecule has 0 amide bonds. The van der Waals surface area contributed by atoms with Crippen molar-refractivity contribution < 1.29 is 14.6 Å². The third-order valence-corrected chi connectivity index (χ3v) is 3.17. The van der Waals surface area contributed by atoms with Crippen LogP contribution in [0.2, 0.25) is 5.15 Å². The minimum absolute atomic E-state index is 0.117. The van der Waals surface area contributed by atoms with E-state index in [1.54, 1.807) is 36.1 Å². The summed E-state index contributed by atoms with van der Waals surface area (Å²) in [4.78, 5) is 4.14. The molecule has 5 nitrogen and oxygen atoms in total. The molecule has 2 rings (SSSR count). The van der Waals surface area contributed by atoms with Crippen molar-refractivity contribution in [2.75, 3.05) is 7.11 Å². The Kier molecular flexibility index (Phi) is 4.29. The molecule has 1 aromatic heterocycles. The number of halogens is 1. The largest absolute Gasteiger partial charge is 0.497 e. The van der Waals surface area contributed by atoms with Crippen molar-refractivity contribution in [3.05, 3.63) is 40.9 Å². The summed E-state index contributed by atoms with van der Waals surface area (Å²) in [6.45, 7) is 0.163. The molecule has 0 saturated heterocycles. The van der Waals surface area contributed by atoms with Gasteiger partial charge in [0.05, 0.1) is 19.9 Å². The summed E-state index contributed by atoms with van der Waals surface area (Å²) < 4.78 is 12.5. The molecule has 1 N–H and O–H groups in total. The molecule has 0 aliphatic heterocycles. The highest BCUT2D eigenvalue weighted by Gasteiger charge is 2.08. The van der Waals surface area contributed by atoms with Crippen LogP contribution in [-0.2, 0) is 20.3 Å². The molecular formula is C13H15ClN2O3. The Morgan fingerprint density at radius 3 is 2.79 bits per heavy atom. The fraction of sp³-hybridized carbons (Fsp3) is 0.308. The van der Waals surface area contributed by atoms with E-state index in [0.29, 0.717) is 28.0 Å². The minimum Gasteiger partial charge on any atom is -0.497 e. The van der Waals surface area contributed by atoms with Crippen molar-refractivity contribution in [2.24, 2.45) is 7.05 Å². The number of imidazole rings is 1. The lowest BCUT2D eigenvalue weighted by Crippen LogP contribution is -2.05. The second kappa shape index (κ2) is 5.95. The van der Waals surface area contributed by atoms with Gasteiger partial charge >= 0.3 is 0 Å². The summed E-state index contributed by atoms with van der Waals surface area (Å²) in [7, 11) is 3.39. The van der Waals surface area contributed by atoms with Crippen LogP contribution in [0.4, 0.5) is 0 Å². The molecule has 0 unspecified atom stereocenters. The van der Waals surface area contributed by atoms with Crippen LogP contribution >= 0.6 is 11.6 Å². The van der Waals surface area contributed by atoms with Gasteiger partial charge in [0.15, 0.2) is 0 Å². The molecule has 2 aromatic rings. The Labute approximate surface area is 116 Å². The molecule has 0 aliphatic rings. The standard InChI is InChI=1S/C13H15ClN2O3/c1-16-12(14)6-15-13(16)8-19-11-4-3-10(18-2)5-9(11)7-17/h3-6,17H,7-8H2,1-2H3. The van der Waals surface area contributed by atoms with Crippen LogP contribution in [0.25, 0.3) is 0 Å². The van der Waals surface area contributed by atoms with Gasteiger partial charge in [0.2, 0.25) is 0 Å². The van der Waals surface area contributed by atoms with E-state index in [-0.39, 0.29) is 13.2 Å². The number of methoxy groups -OCH3 is 1. The van der Waals surface area contributed by atoms with Crippen LogP contribution in [0.5, 0.6) is 11.5 Å². The molecular weight excluding hydrogens is 268 g/mol. The molecule has 0 aliphatic carbocycles. The van der Waals surface area contributed by atoms with Crippen LogP contribution in [0.3, 0.4) is 0 Å². The van der Waals surface area contributed by atoms with Gasteiger partial charge in [-0.05, 0) is 18.2 Å². The highest BCUT2D eigenvalue weighted by Crippen LogP contribution is 2.25. The Bertz CT molecular complexity index is 569. The molecule has 6 heteroatoms. The summed E-state index contributed by atoms with van der Waals surface area (Å²) >= 11 is 5.90. The minimum atomic E-state index is -0.117. The number of hydrogen-bond acceptors (Lipinski definition) is 4. The van der Waals surface area contributed by atoms with E-state index in [2.05, 4.69) is 4.98 Å². The number of aliphatic hydroxyl groups excluding tert-OH is 1. The van der Waals surface area contributed by atoms with Crippen LogP contribution in [-0.4, -0.2) is 21.8 Å². The van der Waals surface area contributed by atoms with E-state index < -0.39 is 0 Å². The van der Waals surface area contributed by atoms with Crippen LogP contribution < -0.4 is 9.47 Å². The van der Waals surface area contributed by atoms with Gasteiger partial charge in [0.1, 0.15) is 29.1 Å². The maximum absolute atomic E-state index is 9.32. The summed E-state index contributed by atoms with van der Waals surface area (Å²) in [6, 6.07) is 5.27. The third kappa shape index (κ3) is 3.00. The van der Waals surface area contributed by atoms with Gasteiger partial charge in [-0.15, -0.1) is 0 Å². The number of rotatable bonds is 5. The van der Waals surface area contributed by atoms with Crippen LogP contribution in [0.1, 0.15) is 11.4 Å². The Morgan fingerprint density at radius 1 is 1.42 bits per heavy atom. The second-order valence-electron chi connectivity index (χ2n) is 3.98. The van der Waals surface area contributed by atoms with Crippen molar-refractivity contribution in [3.8, 4) is 11.5 Å².